The van der Waals surface area contributed by atoms with Crippen molar-refractivity contribution >= 4 is 41.2 Å². The quantitative estimate of drug-likeness (QED) is 0.0778. The number of nitrogens with one attached hydrogen (secondary N) is 2. The van der Waals surface area contributed by atoms with Gasteiger partial charge in [0.05, 0.1) is 25.3 Å². The number of amides is 1. The van der Waals surface area contributed by atoms with Crippen LogP contribution in [0.3, 0.4) is 0 Å². The lowest BCUT2D eigenvalue weighted by atomic mass is 10.2. The van der Waals surface area contributed by atoms with E-state index in [9.17, 15) is 4.79 Å². The first-order valence-corrected chi connectivity index (χ1v) is 14.8. The summed E-state index contributed by atoms with van der Waals surface area (Å²) >= 11 is 4.03. The van der Waals surface area contributed by atoms with Gasteiger partial charge in [-0.3, -0.25) is 9.78 Å². The van der Waals surface area contributed by atoms with Crippen molar-refractivity contribution in [3.05, 3.63) is 95.7 Å². The number of hydrogen-bond donors (Lipinski definition) is 3. The van der Waals surface area contributed by atoms with Crippen LogP contribution in [0.2, 0.25) is 0 Å². The van der Waals surface area contributed by atoms with E-state index in [1.165, 1.54) is 0 Å². The Labute approximate surface area is 262 Å². The van der Waals surface area contributed by atoms with Gasteiger partial charge in [-0.05, 0) is 62.2 Å². The van der Waals surface area contributed by atoms with Crippen molar-refractivity contribution in [2.75, 3.05) is 46.2 Å². The third-order valence-electron chi connectivity index (χ3n) is 6.95. The molecule has 0 bridgehead atoms. The van der Waals surface area contributed by atoms with Crippen molar-refractivity contribution in [1.82, 2.24) is 24.8 Å². The molecule has 1 amide bonds. The summed E-state index contributed by atoms with van der Waals surface area (Å²) in [5, 5.41) is 8.10. The molecule has 0 aliphatic rings. The van der Waals surface area contributed by atoms with Crippen LogP contribution in [0, 0.1) is 0 Å². The summed E-state index contributed by atoms with van der Waals surface area (Å²) in [6.07, 6.45) is 10.1. The lowest BCUT2D eigenvalue weighted by Gasteiger charge is -2.17. The number of fused-ring (bicyclic) bond motifs is 1. The second-order valence-corrected chi connectivity index (χ2v) is 10.4. The van der Waals surface area contributed by atoms with E-state index >= 15 is 0 Å². The molecule has 0 unspecified atom stereocenters. The highest BCUT2D eigenvalue weighted by molar-refractivity contribution is 7.83. The molecule has 0 atom stereocenters. The molecular weight excluding hydrogens is 560 g/mol. The Hall–Kier alpha value is -4.28. The minimum atomic E-state index is -0.129. The molecule has 0 fully saturated rings. The maximum absolute atomic E-state index is 12.9. The molecule has 43 heavy (non-hydrogen) atoms. The average Bonchev–Trinajstić information content (AvgIpc) is 3.37. The van der Waals surface area contributed by atoms with Gasteiger partial charge in [0.2, 0.25) is 5.95 Å². The number of benzene rings is 2. The van der Waals surface area contributed by atoms with Gasteiger partial charge in [0.1, 0.15) is 11.5 Å². The highest BCUT2D eigenvalue weighted by Gasteiger charge is 2.15. The number of allylic oxidation sites excluding steroid dienone is 2. The number of anilines is 2. The number of thiol groups is 1. The summed E-state index contributed by atoms with van der Waals surface area (Å²) in [6, 6.07) is 17.3. The van der Waals surface area contributed by atoms with E-state index in [4.69, 9.17) is 14.5 Å². The molecule has 0 saturated heterocycles. The van der Waals surface area contributed by atoms with Crippen LogP contribution < -0.4 is 20.1 Å². The van der Waals surface area contributed by atoms with Gasteiger partial charge in [-0.15, -0.1) is 0 Å². The zero-order valence-corrected chi connectivity index (χ0v) is 25.9. The summed E-state index contributed by atoms with van der Waals surface area (Å²) in [6.45, 7) is 3.13. The fourth-order valence-electron chi connectivity index (χ4n) is 4.66. The van der Waals surface area contributed by atoms with Gasteiger partial charge in [0.25, 0.3) is 5.91 Å². The van der Waals surface area contributed by atoms with Crippen molar-refractivity contribution < 1.29 is 17.1 Å². The number of methoxy groups -OCH3 is 2. The second kappa shape index (κ2) is 16.4. The maximum Gasteiger partial charge on any atom is 0.251 e. The summed E-state index contributed by atoms with van der Waals surface area (Å²) in [5.74, 6) is 1.90. The largest absolute Gasteiger partial charge is 0.497 e. The van der Waals surface area contributed by atoms with E-state index < -0.39 is 0 Å². The number of pyridine rings is 1. The van der Waals surface area contributed by atoms with Gasteiger partial charge in [0.15, 0.2) is 0 Å². The van der Waals surface area contributed by atoms with E-state index in [1.807, 2.05) is 73.0 Å². The van der Waals surface area contributed by atoms with Crippen molar-refractivity contribution in [1.29, 1.82) is 0 Å². The molecule has 0 radical (unpaired) electrons. The molecule has 0 saturated carbocycles. The third kappa shape index (κ3) is 9.36. The number of carbonyl (C=O) groups excluding carboxylic acids is 1. The van der Waals surface area contributed by atoms with Crippen LogP contribution in [0.1, 0.15) is 31.7 Å². The Morgan fingerprint density at radius 2 is 1.88 bits per heavy atom. The molecule has 0 spiro atoms. The van der Waals surface area contributed by atoms with E-state index in [-0.39, 0.29) is 8.76 Å². The molecule has 9 nitrogen and oxygen atoms in total. The van der Waals surface area contributed by atoms with Crippen LogP contribution in [0.25, 0.3) is 11.0 Å². The van der Waals surface area contributed by atoms with Gasteiger partial charge in [0, 0.05) is 70.2 Å². The molecule has 0 aliphatic carbocycles. The summed E-state index contributed by atoms with van der Waals surface area (Å²) in [7, 11) is 5.38. The van der Waals surface area contributed by atoms with Crippen LogP contribution in [-0.4, -0.2) is 66.2 Å². The maximum atomic E-state index is 12.9. The second-order valence-electron chi connectivity index (χ2n) is 10.1. The molecular formula is C33H44N6O3S. The minimum Gasteiger partial charge on any atom is -0.497 e. The molecule has 0 aliphatic heterocycles. The first kappa shape index (κ1) is 31.7. The monoisotopic (exact) mass is 604 g/mol. The molecule has 2 aromatic heterocycles. The van der Waals surface area contributed by atoms with Crippen LogP contribution in [-0.2, 0) is 13.0 Å². The van der Waals surface area contributed by atoms with Crippen LogP contribution in [0.15, 0.2) is 84.4 Å². The average molecular weight is 605 g/mol. The number of hydrogen-bond acceptors (Lipinski definition) is 8. The standard InChI is InChI=1S/C33H40N6O3S.2H2/c1-38(19-14-26-11-6-8-15-34-26)17-10-18-39-31-13-12-25(32(40)35-16-7-4-5-9-20-43)21-30(31)37-33(39)36-27-22-28(41-2)24-29(23-27)42-3;;/h4-6,8-9,11-13,15,20-24,43H,7,10,14,16-19H2,1-3H3,(H,35,40)(H,36,37);2*1H/b5-4+,20-9-;;. The third-order valence-corrected chi connectivity index (χ3v) is 7.12. The molecule has 2 N–H and O–H groups in total. The summed E-state index contributed by atoms with van der Waals surface area (Å²) in [5.41, 5.74) is 4.15. The topological polar surface area (TPSA) is 93.5 Å². The fourth-order valence-corrected chi connectivity index (χ4v) is 4.76. The SMILES string of the molecule is COc1cc(Nc2nc3cc(C(=O)NCC/C=C/C=C\S)ccc3n2CCCN(C)CCc2ccccn2)cc(OC)c1.[HH].[HH]. The van der Waals surface area contributed by atoms with Crippen molar-refractivity contribution in [2.24, 2.45) is 0 Å². The predicted molar refractivity (Wildman–Crippen MR) is 181 cm³/mol. The highest BCUT2D eigenvalue weighted by Crippen LogP contribution is 2.30. The zero-order chi connectivity index (χ0) is 30.4. The van der Waals surface area contributed by atoms with Crippen molar-refractivity contribution in [3.63, 3.8) is 0 Å². The van der Waals surface area contributed by atoms with E-state index in [1.54, 1.807) is 19.6 Å². The molecule has 2 heterocycles. The number of aryl methyl sites for hydroxylation is 1. The van der Waals surface area contributed by atoms with Gasteiger partial charge < -0.3 is 29.6 Å². The number of rotatable bonds is 16. The Kier molecular flexibility index (Phi) is 12.1. The number of likely N-dealkylation sites (N-methyl/N-ethyl adjacent to an activating group) is 1. The van der Waals surface area contributed by atoms with Gasteiger partial charge in [-0.2, -0.15) is 12.6 Å². The first-order chi connectivity index (χ1) is 21.0. The summed E-state index contributed by atoms with van der Waals surface area (Å²) < 4.78 is 13.1. The number of aromatic nitrogens is 3. The lowest BCUT2D eigenvalue weighted by Crippen LogP contribution is -2.24. The zero-order valence-electron chi connectivity index (χ0n) is 25.0. The lowest BCUT2D eigenvalue weighted by molar-refractivity contribution is 0.0954. The smallest absolute Gasteiger partial charge is 0.251 e. The van der Waals surface area contributed by atoms with Crippen LogP contribution in [0.5, 0.6) is 11.5 Å². The van der Waals surface area contributed by atoms with E-state index in [2.05, 4.69) is 50.8 Å². The molecule has 230 valence electrons. The highest BCUT2D eigenvalue weighted by atomic mass is 32.1. The number of carbonyl (C=O) groups is 1. The first-order valence-electron chi connectivity index (χ1n) is 14.3. The number of nitrogens with zero attached hydrogens (tertiary/aromatic N) is 4. The predicted octanol–water partition coefficient (Wildman–Crippen LogP) is 6.37. The number of imidazole rings is 1. The normalized spacial score (nSPS) is 11.6. The molecule has 2 aromatic carbocycles. The Balaban J connectivity index is 0.00000353. The summed E-state index contributed by atoms with van der Waals surface area (Å²) in [4.78, 5) is 24.5. The van der Waals surface area contributed by atoms with Gasteiger partial charge in [-0.25, -0.2) is 4.98 Å². The fraction of sp³-hybridized carbons (Fsp3) is 0.303. The Bertz CT molecular complexity index is 1530. The molecule has 4 rings (SSSR count). The van der Waals surface area contributed by atoms with Crippen LogP contribution >= 0.6 is 12.6 Å². The molecule has 10 heteroatoms. The minimum absolute atomic E-state index is 0. The van der Waals surface area contributed by atoms with E-state index in [0.717, 1.165) is 61.3 Å². The van der Waals surface area contributed by atoms with Crippen molar-refractivity contribution in [2.45, 2.75) is 25.8 Å². The Morgan fingerprint density at radius 3 is 2.60 bits per heavy atom. The van der Waals surface area contributed by atoms with Gasteiger partial charge in [-0.1, -0.05) is 24.3 Å². The Morgan fingerprint density at radius 1 is 1.07 bits per heavy atom. The van der Waals surface area contributed by atoms with Crippen LogP contribution in [0.4, 0.5) is 11.6 Å². The van der Waals surface area contributed by atoms with Crippen molar-refractivity contribution in [3.8, 4) is 11.5 Å². The van der Waals surface area contributed by atoms with Gasteiger partial charge >= 0.3 is 0 Å². The number of ether oxygens (including phenoxy) is 2. The van der Waals surface area contributed by atoms with E-state index in [0.29, 0.717) is 29.6 Å². The molecule has 4 aromatic rings.